The van der Waals surface area contributed by atoms with Crippen LogP contribution in [0.1, 0.15) is 46.6 Å². The molecule has 1 amide bonds. The number of carbonyl (C=O) groups excluding carboxylic acids is 1. The lowest BCUT2D eigenvalue weighted by Crippen LogP contribution is -2.45. The molecule has 1 aliphatic rings. The Hall–Kier alpha value is -2.48. The van der Waals surface area contributed by atoms with E-state index in [-0.39, 0.29) is 11.9 Å². The Morgan fingerprint density at radius 1 is 1.38 bits per heavy atom. The van der Waals surface area contributed by atoms with E-state index in [1.165, 1.54) is 4.88 Å². The first-order chi connectivity index (χ1) is 12.5. The quantitative estimate of drug-likeness (QED) is 0.743. The lowest BCUT2D eigenvalue weighted by molar-refractivity contribution is -0.140. The summed E-state index contributed by atoms with van der Waals surface area (Å²) in [4.78, 5) is 21.2. The molecule has 0 spiro atoms. The molecule has 1 atom stereocenters. The van der Waals surface area contributed by atoms with Gasteiger partial charge in [-0.05, 0) is 51.3 Å². The topological polar surface area (TPSA) is 87.9 Å². The van der Waals surface area contributed by atoms with Crippen LogP contribution in [-0.4, -0.2) is 37.7 Å². The number of aromatic nitrogens is 4. The van der Waals surface area contributed by atoms with Crippen molar-refractivity contribution in [2.45, 2.75) is 46.1 Å². The van der Waals surface area contributed by atoms with Gasteiger partial charge in [0.05, 0.1) is 10.6 Å². The number of aryl methyl sites for hydroxylation is 3. The van der Waals surface area contributed by atoms with Crippen molar-refractivity contribution in [1.29, 1.82) is 0 Å². The highest BCUT2D eigenvalue weighted by atomic mass is 32.1. The van der Waals surface area contributed by atoms with Crippen molar-refractivity contribution in [2.24, 2.45) is 0 Å². The van der Waals surface area contributed by atoms with Crippen molar-refractivity contribution >= 4 is 17.2 Å². The molecule has 1 saturated heterocycles. The van der Waals surface area contributed by atoms with Crippen LogP contribution in [-0.2, 0) is 11.2 Å². The smallest absolute Gasteiger partial charge is 0.249 e. The van der Waals surface area contributed by atoms with E-state index < -0.39 is 0 Å². The Labute approximate surface area is 155 Å². The fourth-order valence-corrected chi connectivity index (χ4v) is 4.08. The maximum absolute atomic E-state index is 12.6. The number of H-pyrrole nitrogens is 1. The largest absolute Gasteiger partial charge is 0.337 e. The van der Waals surface area contributed by atoms with Crippen LogP contribution < -0.4 is 0 Å². The number of rotatable bonds is 5. The van der Waals surface area contributed by atoms with Gasteiger partial charge in [0.2, 0.25) is 17.6 Å². The van der Waals surface area contributed by atoms with Gasteiger partial charge in [0, 0.05) is 23.5 Å². The fourth-order valence-electron chi connectivity index (χ4n) is 3.29. The Balaban J connectivity index is 1.41. The summed E-state index contributed by atoms with van der Waals surface area (Å²) in [5.74, 6) is 1.25. The van der Waals surface area contributed by atoms with Gasteiger partial charge in [-0.1, -0.05) is 5.16 Å². The highest BCUT2D eigenvalue weighted by molar-refractivity contribution is 7.15. The minimum atomic E-state index is -0.101. The molecule has 8 heteroatoms. The monoisotopic (exact) mass is 371 g/mol. The van der Waals surface area contributed by atoms with Gasteiger partial charge in [-0.25, -0.2) is 0 Å². The van der Waals surface area contributed by atoms with Crippen molar-refractivity contribution < 1.29 is 9.32 Å². The minimum absolute atomic E-state index is 0.101. The highest BCUT2D eigenvalue weighted by Gasteiger charge is 2.37. The molecule has 7 nitrogen and oxygen atoms in total. The maximum Gasteiger partial charge on any atom is 0.249 e. The van der Waals surface area contributed by atoms with E-state index in [9.17, 15) is 4.79 Å². The molecule has 26 heavy (non-hydrogen) atoms. The second-order valence-electron chi connectivity index (χ2n) is 6.67. The molecule has 1 N–H and O–H groups in total. The van der Waals surface area contributed by atoms with Crippen LogP contribution in [0.25, 0.3) is 10.7 Å². The van der Waals surface area contributed by atoms with Gasteiger partial charge in [0.25, 0.3) is 0 Å². The van der Waals surface area contributed by atoms with Gasteiger partial charge >= 0.3 is 0 Å². The summed E-state index contributed by atoms with van der Waals surface area (Å²) >= 11 is 1.63. The van der Waals surface area contributed by atoms with Gasteiger partial charge in [-0.3, -0.25) is 9.89 Å². The SMILES string of the molecule is Cc1ccc(-c2noc([C@@H]3CCN3C(=O)CCc3c(C)n[nH]c3C)n2)s1. The maximum atomic E-state index is 12.6. The van der Waals surface area contributed by atoms with Crippen molar-refractivity contribution in [3.8, 4) is 10.7 Å². The van der Waals surface area contributed by atoms with Crippen molar-refractivity contribution in [3.63, 3.8) is 0 Å². The van der Waals surface area contributed by atoms with Crippen LogP contribution in [0.2, 0.25) is 0 Å². The first kappa shape index (κ1) is 17.0. The van der Waals surface area contributed by atoms with Gasteiger partial charge in [0.15, 0.2) is 0 Å². The lowest BCUT2D eigenvalue weighted by Gasteiger charge is -2.38. The predicted molar refractivity (Wildman–Crippen MR) is 97.8 cm³/mol. The molecule has 0 aliphatic carbocycles. The van der Waals surface area contributed by atoms with Crippen molar-refractivity contribution in [1.82, 2.24) is 25.2 Å². The zero-order chi connectivity index (χ0) is 18.3. The molecule has 3 aromatic rings. The Morgan fingerprint density at radius 3 is 2.85 bits per heavy atom. The summed E-state index contributed by atoms with van der Waals surface area (Å²) in [5.41, 5.74) is 3.12. The third kappa shape index (κ3) is 3.05. The first-order valence-corrected chi connectivity index (χ1v) is 9.55. The summed E-state index contributed by atoms with van der Waals surface area (Å²) in [6.45, 7) is 6.73. The molecular weight excluding hydrogens is 350 g/mol. The predicted octanol–water partition coefficient (Wildman–Crippen LogP) is 3.35. The number of amides is 1. The third-order valence-corrected chi connectivity index (χ3v) is 5.89. The number of hydrogen-bond acceptors (Lipinski definition) is 6. The zero-order valence-electron chi connectivity index (χ0n) is 15.1. The average molecular weight is 371 g/mol. The Bertz CT molecular complexity index is 922. The number of hydrogen-bond donors (Lipinski definition) is 1. The van der Waals surface area contributed by atoms with Gasteiger partial charge in [-0.15, -0.1) is 11.3 Å². The molecule has 3 aromatic heterocycles. The van der Waals surface area contributed by atoms with Crippen molar-refractivity contribution in [2.75, 3.05) is 6.54 Å². The van der Waals surface area contributed by atoms with Crippen LogP contribution in [0.4, 0.5) is 0 Å². The fraction of sp³-hybridized carbons (Fsp3) is 0.444. The number of aromatic amines is 1. The molecule has 0 saturated carbocycles. The zero-order valence-corrected chi connectivity index (χ0v) is 15.9. The number of nitrogens with zero attached hydrogens (tertiary/aromatic N) is 4. The molecule has 0 aromatic carbocycles. The third-order valence-electron chi connectivity index (χ3n) is 4.90. The highest BCUT2D eigenvalue weighted by Crippen LogP contribution is 2.35. The Kier molecular flexibility index (Phi) is 4.36. The molecular formula is C18H21N5O2S. The Morgan fingerprint density at radius 2 is 2.23 bits per heavy atom. The van der Waals surface area contributed by atoms with E-state index in [0.717, 1.165) is 34.8 Å². The normalized spacial score (nSPS) is 16.7. The molecule has 0 radical (unpaired) electrons. The average Bonchev–Trinajstić information content (AvgIpc) is 3.27. The molecule has 4 heterocycles. The van der Waals surface area contributed by atoms with E-state index in [1.54, 1.807) is 11.3 Å². The first-order valence-electron chi connectivity index (χ1n) is 8.73. The van der Waals surface area contributed by atoms with Gasteiger partial charge in [0.1, 0.15) is 6.04 Å². The van der Waals surface area contributed by atoms with Crippen LogP contribution in [0.15, 0.2) is 16.7 Å². The van der Waals surface area contributed by atoms with E-state index >= 15 is 0 Å². The molecule has 1 fully saturated rings. The summed E-state index contributed by atoms with van der Waals surface area (Å²) in [5, 5.41) is 11.2. The summed E-state index contributed by atoms with van der Waals surface area (Å²) < 4.78 is 5.44. The standard InChI is InChI=1S/C18H21N5O2S/c1-10-4-6-15(26-10)17-19-18(25-22-17)14-8-9-23(14)16(24)7-5-13-11(2)20-21-12(13)3/h4,6,14H,5,7-9H2,1-3H3,(H,20,21)/t14-/m0/s1. The summed E-state index contributed by atoms with van der Waals surface area (Å²) in [6.07, 6.45) is 2.02. The number of carbonyl (C=O) groups is 1. The summed E-state index contributed by atoms with van der Waals surface area (Å²) in [7, 11) is 0. The van der Waals surface area contributed by atoms with Crippen LogP contribution in [0.3, 0.4) is 0 Å². The number of thiophene rings is 1. The van der Waals surface area contributed by atoms with Gasteiger partial charge in [-0.2, -0.15) is 10.1 Å². The second kappa shape index (κ2) is 6.68. The molecule has 4 rings (SSSR count). The van der Waals surface area contributed by atoms with Crippen molar-refractivity contribution in [3.05, 3.63) is 39.9 Å². The molecule has 136 valence electrons. The molecule has 1 aliphatic heterocycles. The summed E-state index contributed by atoms with van der Waals surface area (Å²) in [6, 6.07) is 3.93. The number of likely N-dealkylation sites (tertiary alicyclic amines) is 1. The van der Waals surface area contributed by atoms with Gasteiger partial charge < -0.3 is 9.42 Å². The molecule has 0 bridgehead atoms. The lowest BCUT2D eigenvalue weighted by atomic mass is 10.0. The van der Waals surface area contributed by atoms with Crippen LogP contribution in [0.5, 0.6) is 0 Å². The van der Waals surface area contributed by atoms with E-state index in [1.807, 2.05) is 37.8 Å². The van der Waals surface area contributed by atoms with Crippen LogP contribution in [0, 0.1) is 20.8 Å². The minimum Gasteiger partial charge on any atom is -0.337 e. The van der Waals surface area contributed by atoms with E-state index in [0.29, 0.717) is 24.6 Å². The second-order valence-corrected chi connectivity index (χ2v) is 7.96. The number of nitrogens with one attached hydrogen (secondary N) is 1. The van der Waals surface area contributed by atoms with E-state index in [4.69, 9.17) is 4.52 Å². The molecule has 0 unspecified atom stereocenters. The van der Waals surface area contributed by atoms with Crippen LogP contribution >= 0.6 is 11.3 Å². The van der Waals surface area contributed by atoms with E-state index in [2.05, 4.69) is 20.3 Å².